The van der Waals surface area contributed by atoms with Crippen LogP contribution in [-0.4, -0.2) is 9.97 Å². The van der Waals surface area contributed by atoms with E-state index in [1.54, 1.807) is 0 Å². The molecule has 1 aliphatic carbocycles. The molecular weight excluding hydrogens is 210 g/mol. The third kappa shape index (κ3) is 1.50. The average molecular weight is 225 g/mol. The SMILES string of the molecule is CC1(C)Cc2cnc(N)nc2-c2ccccc21. The lowest BCUT2D eigenvalue weighted by Gasteiger charge is -2.33. The Bertz CT molecular complexity index is 588. The van der Waals surface area contributed by atoms with E-state index in [-0.39, 0.29) is 5.41 Å². The second-order valence-electron chi connectivity index (χ2n) is 5.21. The molecule has 0 spiro atoms. The van der Waals surface area contributed by atoms with Gasteiger partial charge in [-0.1, -0.05) is 38.1 Å². The Kier molecular flexibility index (Phi) is 1.99. The summed E-state index contributed by atoms with van der Waals surface area (Å²) in [6.45, 7) is 4.51. The zero-order valence-corrected chi connectivity index (χ0v) is 10.1. The highest BCUT2D eigenvalue weighted by Gasteiger charge is 2.31. The Labute approximate surface area is 101 Å². The maximum atomic E-state index is 5.68. The predicted octanol–water partition coefficient (Wildman–Crippen LogP) is 2.56. The van der Waals surface area contributed by atoms with Crippen LogP contribution in [0.1, 0.15) is 25.0 Å². The minimum Gasteiger partial charge on any atom is -0.368 e. The van der Waals surface area contributed by atoms with Crippen LogP contribution >= 0.6 is 0 Å². The van der Waals surface area contributed by atoms with Gasteiger partial charge in [-0.3, -0.25) is 0 Å². The first-order chi connectivity index (χ1) is 8.08. The van der Waals surface area contributed by atoms with Gasteiger partial charge in [0.25, 0.3) is 0 Å². The summed E-state index contributed by atoms with van der Waals surface area (Å²) in [5.74, 6) is 0.346. The van der Waals surface area contributed by atoms with Gasteiger partial charge in [-0.15, -0.1) is 0 Å². The summed E-state index contributed by atoms with van der Waals surface area (Å²) >= 11 is 0. The number of hydrogen-bond acceptors (Lipinski definition) is 3. The smallest absolute Gasteiger partial charge is 0.220 e. The number of anilines is 1. The molecule has 3 rings (SSSR count). The van der Waals surface area contributed by atoms with Gasteiger partial charge < -0.3 is 5.73 Å². The highest BCUT2D eigenvalue weighted by molar-refractivity contribution is 5.72. The molecule has 0 amide bonds. The van der Waals surface area contributed by atoms with Crippen molar-refractivity contribution in [2.24, 2.45) is 0 Å². The number of rotatable bonds is 0. The lowest BCUT2D eigenvalue weighted by molar-refractivity contribution is 0.514. The second kappa shape index (κ2) is 3.29. The van der Waals surface area contributed by atoms with Gasteiger partial charge in [0.05, 0.1) is 5.69 Å². The monoisotopic (exact) mass is 225 g/mol. The van der Waals surface area contributed by atoms with Gasteiger partial charge in [-0.05, 0) is 23.0 Å². The van der Waals surface area contributed by atoms with Gasteiger partial charge in [0.1, 0.15) is 0 Å². The molecule has 2 aromatic rings. The molecule has 0 aliphatic heterocycles. The summed E-state index contributed by atoms with van der Waals surface area (Å²) in [6, 6.07) is 8.41. The summed E-state index contributed by atoms with van der Waals surface area (Å²) in [5.41, 5.74) is 10.5. The van der Waals surface area contributed by atoms with Gasteiger partial charge in [0.2, 0.25) is 5.95 Å². The summed E-state index contributed by atoms with van der Waals surface area (Å²) in [6.07, 6.45) is 2.81. The fourth-order valence-electron chi connectivity index (χ4n) is 2.63. The van der Waals surface area contributed by atoms with E-state index < -0.39 is 0 Å². The van der Waals surface area contributed by atoms with Crippen LogP contribution in [0.5, 0.6) is 0 Å². The quantitative estimate of drug-likeness (QED) is 0.749. The van der Waals surface area contributed by atoms with Crippen molar-refractivity contribution < 1.29 is 0 Å². The Morgan fingerprint density at radius 1 is 1.24 bits per heavy atom. The van der Waals surface area contributed by atoms with Crippen molar-refractivity contribution in [3.05, 3.63) is 41.6 Å². The highest BCUT2D eigenvalue weighted by Crippen LogP contribution is 2.41. The Morgan fingerprint density at radius 3 is 2.82 bits per heavy atom. The summed E-state index contributed by atoms with van der Waals surface area (Å²) in [4.78, 5) is 8.48. The van der Waals surface area contributed by atoms with Crippen LogP contribution in [0.25, 0.3) is 11.3 Å². The normalized spacial score (nSPS) is 16.1. The second-order valence-corrected chi connectivity index (χ2v) is 5.21. The standard InChI is InChI=1S/C14H15N3/c1-14(2)7-9-8-16-13(15)17-12(9)10-5-3-4-6-11(10)14/h3-6,8H,7H2,1-2H3,(H2,15,16,17). The van der Waals surface area contributed by atoms with Crippen molar-refractivity contribution in [1.82, 2.24) is 9.97 Å². The lowest BCUT2D eigenvalue weighted by Crippen LogP contribution is -2.26. The topological polar surface area (TPSA) is 51.8 Å². The van der Waals surface area contributed by atoms with E-state index in [1.165, 1.54) is 16.7 Å². The van der Waals surface area contributed by atoms with Gasteiger partial charge in [0, 0.05) is 11.8 Å². The summed E-state index contributed by atoms with van der Waals surface area (Å²) < 4.78 is 0. The molecule has 2 N–H and O–H groups in total. The predicted molar refractivity (Wildman–Crippen MR) is 68.6 cm³/mol. The molecule has 1 aliphatic rings. The fraction of sp³-hybridized carbons (Fsp3) is 0.286. The lowest BCUT2D eigenvalue weighted by atomic mass is 9.72. The first kappa shape index (κ1) is 10.3. The van der Waals surface area contributed by atoms with Gasteiger partial charge in [-0.25, -0.2) is 9.97 Å². The summed E-state index contributed by atoms with van der Waals surface area (Å²) in [5, 5.41) is 0. The van der Waals surface area contributed by atoms with Crippen LogP contribution in [0.15, 0.2) is 30.5 Å². The Hall–Kier alpha value is -1.90. The number of nitrogens with two attached hydrogens (primary N) is 1. The number of nitrogens with zero attached hydrogens (tertiary/aromatic N) is 2. The van der Waals surface area contributed by atoms with Crippen molar-refractivity contribution in [1.29, 1.82) is 0 Å². The van der Waals surface area contributed by atoms with E-state index in [0.29, 0.717) is 5.95 Å². The molecule has 3 heteroatoms. The minimum absolute atomic E-state index is 0.128. The molecule has 3 nitrogen and oxygen atoms in total. The van der Waals surface area contributed by atoms with E-state index in [1.807, 2.05) is 12.3 Å². The van der Waals surface area contributed by atoms with Crippen LogP contribution < -0.4 is 5.73 Å². The molecule has 0 saturated heterocycles. The van der Waals surface area contributed by atoms with Gasteiger partial charge >= 0.3 is 0 Å². The molecule has 86 valence electrons. The van der Waals surface area contributed by atoms with Crippen molar-refractivity contribution in [2.45, 2.75) is 25.7 Å². The zero-order chi connectivity index (χ0) is 12.0. The Morgan fingerprint density at radius 2 is 2.00 bits per heavy atom. The van der Waals surface area contributed by atoms with Crippen molar-refractivity contribution in [3.63, 3.8) is 0 Å². The highest BCUT2D eigenvalue weighted by atomic mass is 15.0. The molecule has 0 radical (unpaired) electrons. The minimum atomic E-state index is 0.128. The number of hydrogen-bond donors (Lipinski definition) is 1. The molecule has 1 heterocycles. The van der Waals surface area contributed by atoms with E-state index in [4.69, 9.17) is 5.73 Å². The molecule has 0 fully saturated rings. The zero-order valence-electron chi connectivity index (χ0n) is 10.1. The van der Waals surface area contributed by atoms with E-state index in [0.717, 1.165) is 12.1 Å². The molecular formula is C14H15N3. The van der Waals surface area contributed by atoms with Crippen LogP contribution in [0.4, 0.5) is 5.95 Å². The van der Waals surface area contributed by atoms with Crippen molar-refractivity contribution in [3.8, 4) is 11.3 Å². The molecule has 17 heavy (non-hydrogen) atoms. The van der Waals surface area contributed by atoms with Crippen LogP contribution in [0, 0.1) is 0 Å². The number of fused-ring (bicyclic) bond motifs is 3. The molecule has 1 aromatic heterocycles. The van der Waals surface area contributed by atoms with Crippen molar-refractivity contribution >= 4 is 5.95 Å². The molecule has 0 bridgehead atoms. The molecule has 0 unspecified atom stereocenters. The molecule has 1 aromatic carbocycles. The van der Waals surface area contributed by atoms with Crippen LogP contribution in [-0.2, 0) is 11.8 Å². The third-order valence-corrected chi connectivity index (χ3v) is 3.43. The number of nitrogen functional groups attached to an aromatic ring is 1. The first-order valence-electron chi connectivity index (χ1n) is 5.79. The molecule has 0 atom stereocenters. The van der Waals surface area contributed by atoms with Crippen molar-refractivity contribution in [2.75, 3.05) is 5.73 Å². The van der Waals surface area contributed by atoms with E-state index >= 15 is 0 Å². The fourth-order valence-corrected chi connectivity index (χ4v) is 2.63. The van der Waals surface area contributed by atoms with Crippen LogP contribution in [0.3, 0.4) is 0 Å². The maximum Gasteiger partial charge on any atom is 0.220 e. The maximum absolute atomic E-state index is 5.68. The first-order valence-corrected chi connectivity index (χ1v) is 5.79. The average Bonchev–Trinajstić information content (AvgIpc) is 2.30. The third-order valence-electron chi connectivity index (χ3n) is 3.43. The van der Waals surface area contributed by atoms with Crippen LogP contribution in [0.2, 0.25) is 0 Å². The molecule has 0 saturated carbocycles. The van der Waals surface area contributed by atoms with E-state index in [9.17, 15) is 0 Å². The van der Waals surface area contributed by atoms with Gasteiger partial charge in [-0.2, -0.15) is 0 Å². The Balaban J connectivity index is 2.33. The largest absolute Gasteiger partial charge is 0.368 e. The number of aromatic nitrogens is 2. The van der Waals surface area contributed by atoms with E-state index in [2.05, 4.69) is 42.0 Å². The van der Waals surface area contributed by atoms with Gasteiger partial charge in [0.15, 0.2) is 0 Å². The number of benzene rings is 1. The summed E-state index contributed by atoms with van der Waals surface area (Å²) in [7, 11) is 0.